The summed E-state index contributed by atoms with van der Waals surface area (Å²) in [6.07, 6.45) is -4.77. The molecule has 0 unspecified atom stereocenters. The van der Waals surface area contributed by atoms with Gasteiger partial charge in [0.05, 0.1) is 6.10 Å². The lowest BCUT2D eigenvalue weighted by molar-refractivity contribution is -0.268. The van der Waals surface area contributed by atoms with E-state index in [1.165, 1.54) is 0 Å². The molecule has 0 saturated carbocycles. The summed E-state index contributed by atoms with van der Waals surface area (Å²) in [5.74, 6) is 0.487. The van der Waals surface area contributed by atoms with Gasteiger partial charge < -0.3 is 29.6 Å². The maximum Gasteiger partial charge on any atom is 0.229 e. The van der Waals surface area contributed by atoms with Crippen LogP contribution >= 0.6 is 0 Å². The molecule has 0 radical (unpaired) electrons. The zero-order valence-electron chi connectivity index (χ0n) is 11.7. The van der Waals surface area contributed by atoms with Crippen molar-refractivity contribution in [3.63, 3.8) is 0 Å². The maximum atomic E-state index is 9.86. The smallest absolute Gasteiger partial charge is 0.229 e. The van der Waals surface area contributed by atoms with Crippen LogP contribution in [0.4, 0.5) is 0 Å². The molecule has 1 aliphatic heterocycles. The Morgan fingerprint density at radius 2 is 1.81 bits per heavy atom. The third-order valence-electron chi connectivity index (χ3n) is 3.50. The van der Waals surface area contributed by atoms with E-state index in [-0.39, 0.29) is 0 Å². The first-order valence-electron chi connectivity index (χ1n) is 6.81. The Morgan fingerprint density at radius 1 is 1.14 bits per heavy atom. The summed E-state index contributed by atoms with van der Waals surface area (Å²) in [7, 11) is 0. The fourth-order valence-electron chi connectivity index (χ4n) is 2.16. The van der Waals surface area contributed by atoms with Gasteiger partial charge in [0.2, 0.25) is 12.8 Å². The van der Waals surface area contributed by atoms with E-state index in [4.69, 9.17) is 16.0 Å². The number of rotatable bonds is 4. The minimum absolute atomic E-state index is 0.437. The quantitative estimate of drug-likeness (QED) is 0.698. The van der Waals surface area contributed by atoms with Crippen molar-refractivity contribution in [3.8, 4) is 5.75 Å². The van der Waals surface area contributed by atoms with E-state index in [0.717, 1.165) is 5.56 Å². The van der Waals surface area contributed by atoms with Gasteiger partial charge in [0, 0.05) is 6.42 Å². The number of hydrogen-bond acceptors (Lipinski definition) is 5. The first kappa shape index (κ1) is 15.7. The Kier molecular flexibility index (Phi) is 5.15. The second-order valence-corrected chi connectivity index (χ2v) is 5.07. The van der Waals surface area contributed by atoms with Crippen LogP contribution in [0.2, 0.25) is 0 Å². The summed E-state index contributed by atoms with van der Waals surface area (Å²) < 4.78 is 10.9. The van der Waals surface area contributed by atoms with E-state index in [0.29, 0.717) is 18.7 Å². The van der Waals surface area contributed by atoms with E-state index >= 15 is 0 Å². The van der Waals surface area contributed by atoms with Crippen LogP contribution in [0.15, 0.2) is 24.3 Å². The van der Waals surface area contributed by atoms with E-state index in [9.17, 15) is 15.3 Å². The predicted molar refractivity (Wildman–Crippen MR) is 74.6 cm³/mol. The van der Waals surface area contributed by atoms with Gasteiger partial charge in [-0.2, -0.15) is 0 Å². The summed E-state index contributed by atoms with van der Waals surface area (Å²) in [5, 5.41) is 29.2. The first-order chi connectivity index (χ1) is 10.0. The molecule has 0 aliphatic carbocycles. The van der Waals surface area contributed by atoms with Crippen molar-refractivity contribution in [2.45, 2.75) is 44.1 Å². The van der Waals surface area contributed by atoms with Crippen molar-refractivity contribution < 1.29 is 24.8 Å². The van der Waals surface area contributed by atoms with Crippen molar-refractivity contribution in [1.29, 1.82) is 0 Å². The topological polar surface area (TPSA) is 83.5 Å². The average molecular weight is 293 g/mol. The SMILES string of the molecule is [C-]#[N+]CCc1ccc(O[C@@H]2O[C@@H](C)[C@H](O)[C@@H](O)[C@H]2O)cc1. The van der Waals surface area contributed by atoms with Crippen LogP contribution < -0.4 is 4.74 Å². The highest BCUT2D eigenvalue weighted by atomic mass is 16.7. The highest BCUT2D eigenvalue weighted by Gasteiger charge is 2.43. The molecule has 2 rings (SSSR count). The molecule has 114 valence electrons. The summed E-state index contributed by atoms with van der Waals surface area (Å²) in [6.45, 7) is 8.79. The Bertz CT molecular complexity index is 498. The standard InChI is InChI=1S/C15H19NO5/c1-9-12(17)13(18)14(19)15(20-9)21-11-5-3-10(4-6-11)7-8-16-2/h3-6,9,12-15,17-19H,7-8H2,1H3/t9-,12-,13+,14+,15-/m0/s1. The molecule has 1 saturated heterocycles. The maximum absolute atomic E-state index is 9.86. The van der Waals surface area contributed by atoms with Crippen LogP contribution in [0.3, 0.4) is 0 Å². The number of hydrogen-bond donors (Lipinski definition) is 3. The minimum atomic E-state index is -1.32. The largest absolute Gasteiger partial charge is 0.462 e. The number of aliphatic hydroxyl groups excluding tert-OH is 3. The molecule has 21 heavy (non-hydrogen) atoms. The summed E-state index contributed by atoms with van der Waals surface area (Å²) in [6, 6.07) is 7.11. The second kappa shape index (κ2) is 6.87. The molecule has 0 spiro atoms. The molecule has 6 nitrogen and oxygen atoms in total. The van der Waals surface area contributed by atoms with Crippen molar-refractivity contribution in [1.82, 2.24) is 0 Å². The lowest BCUT2D eigenvalue weighted by Gasteiger charge is -2.38. The van der Waals surface area contributed by atoms with Gasteiger partial charge in [-0.05, 0) is 24.6 Å². The predicted octanol–water partition coefficient (Wildman–Crippen LogP) is 0.355. The third kappa shape index (κ3) is 3.71. The monoisotopic (exact) mass is 293 g/mol. The van der Waals surface area contributed by atoms with Crippen LogP contribution in [0.25, 0.3) is 4.85 Å². The molecule has 0 amide bonds. The highest BCUT2D eigenvalue weighted by Crippen LogP contribution is 2.24. The molecule has 5 atom stereocenters. The molecule has 6 heteroatoms. The highest BCUT2D eigenvalue weighted by molar-refractivity contribution is 5.27. The van der Waals surface area contributed by atoms with Crippen LogP contribution in [-0.4, -0.2) is 52.6 Å². The Hall–Kier alpha value is -1.65. The number of nitrogens with zero attached hydrogens (tertiary/aromatic N) is 1. The molecular formula is C15H19NO5. The van der Waals surface area contributed by atoms with Crippen LogP contribution in [0.1, 0.15) is 12.5 Å². The van der Waals surface area contributed by atoms with Gasteiger partial charge in [0.15, 0.2) is 0 Å². The molecule has 1 aromatic carbocycles. The van der Waals surface area contributed by atoms with Crippen LogP contribution in [-0.2, 0) is 11.2 Å². The molecule has 1 heterocycles. The summed E-state index contributed by atoms with van der Waals surface area (Å²) >= 11 is 0. The fraction of sp³-hybridized carbons (Fsp3) is 0.533. The molecule has 3 N–H and O–H groups in total. The van der Waals surface area contributed by atoms with Gasteiger partial charge in [0.25, 0.3) is 0 Å². The van der Waals surface area contributed by atoms with Crippen molar-refractivity contribution in [2.75, 3.05) is 6.54 Å². The molecular weight excluding hydrogens is 274 g/mol. The molecule has 1 fully saturated rings. The number of benzene rings is 1. The Morgan fingerprint density at radius 3 is 2.43 bits per heavy atom. The van der Waals surface area contributed by atoms with E-state index in [2.05, 4.69) is 4.85 Å². The zero-order valence-corrected chi connectivity index (χ0v) is 11.7. The lowest BCUT2D eigenvalue weighted by Crippen LogP contribution is -2.58. The first-order valence-corrected chi connectivity index (χ1v) is 6.81. The molecule has 0 bridgehead atoms. The van der Waals surface area contributed by atoms with Gasteiger partial charge in [-0.1, -0.05) is 12.1 Å². The van der Waals surface area contributed by atoms with Crippen LogP contribution in [0.5, 0.6) is 5.75 Å². The lowest BCUT2D eigenvalue weighted by atomic mass is 10.00. The minimum Gasteiger partial charge on any atom is -0.462 e. The molecule has 1 aliphatic rings. The number of aliphatic hydroxyl groups is 3. The summed E-state index contributed by atoms with van der Waals surface area (Å²) in [4.78, 5) is 3.29. The van der Waals surface area contributed by atoms with Gasteiger partial charge in [0.1, 0.15) is 24.1 Å². The van der Waals surface area contributed by atoms with Crippen molar-refractivity contribution in [2.24, 2.45) is 0 Å². The number of ether oxygens (including phenoxy) is 2. The van der Waals surface area contributed by atoms with Gasteiger partial charge in [-0.15, -0.1) is 0 Å². The Labute approximate surface area is 123 Å². The van der Waals surface area contributed by atoms with Gasteiger partial charge >= 0.3 is 0 Å². The van der Waals surface area contributed by atoms with Crippen molar-refractivity contribution >= 4 is 0 Å². The molecule has 0 aromatic heterocycles. The fourth-order valence-corrected chi connectivity index (χ4v) is 2.16. The van der Waals surface area contributed by atoms with Gasteiger partial charge in [-0.3, -0.25) is 0 Å². The van der Waals surface area contributed by atoms with E-state index < -0.39 is 30.7 Å². The van der Waals surface area contributed by atoms with E-state index in [1.807, 2.05) is 12.1 Å². The molecule has 1 aromatic rings. The zero-order chi connectivity index (χ0) is 15.4. The second-order valence-electron chi connectivity index (χ2n) is 5.07. The third-order valence-corrected chi connectivity index (χ3v) is 3.50. The van der Waals surface area contributed by atoms with Gasteiger partial charge in [-0.25, -0.2) is 6.57 Å². The van der Waals surface area contributed by atoms with Crippen molar-refractivity contribution in [3.05, 3.63) is 41.2 Å². The van der Waals surface area contributed by atoms with E-state index in [1.54, 1.807) is 19.1 Å². The normalized spacial score (nSPS) is 32.4. The Balaban J connectivity index is 1.99. The van der Waals surface area contributed by atoms with Crippen LogP contribution in [0, 0.1) is 6.57 Å². The average Bonchev–Trinajstić information content (AvgIpc) is 2.50. The summed E-state index contributed by atoms with van der Waals surface area (Å²) in [5.41, 5.74) is 1.02.